The van der Waals surface area contributed by atoms with Gasteiger partial charge in [0.1, 0.15) is 0 Å². The van der Waals surface area contributed by atoms with Crippen LogP contribution in [0.2, 0.25) is 0 Å². The van der Waals surface area contributed by atoms with Gasteiger partial charge in [-0.25, -0.2) is 5.01 Å². The number of hydrogen-bond acceptors (Lipinski definition) is 7. The third-order valence-corrected chi connectivity index (χ3v) is 6.96. The molecule has 1 saturated carbocycles. The summed E-state index contributed by atoms with van der Waals surface area (Å²) in [7, 11) is 3.17. The number of esters is 1. The number of benzene rings is 1. The molecule has 1 amide bonds. The Morgan fingerprint density at radius 3 is 2.56 bits per heavy atom. The molecule has 1 aromatic carbocycles. The first-order valence-corrected chi connectivity index (χ1v) is 11.8. The number of thiophene rings is 1. The number of hydrazone groups is 1. The van der Waals surface area contributed by atoms with E-state index in [1.807, 2.05) is 35.7 Å². The number of rotatable bonds is 7. The summed E-state index contributed by atoms with van der Waals surface area (Å²) in [6, 6.07) is 9.24. The highest BCUT2D eigenvalue weighted by Gasteiger charge is 2.35. The van der Waals surface area contributed by atoms with E-state index in [2.05, 4.69) is 5.10 Å². The number of carbonyl (C=O) groups excluding carboxylic acids is 2. The zero-order chi connectivity index (χ0) is 22.5. The third kappa shape index (κ3) is 4.80. The summed E-state index contributed by atoms with van der Waals surface area (Å²) in [4.78, 5) is 26.5. The molecule has 1 fully saturated rings. The molecule has 170 valence electrons. The molecular weight excluding hydrogens is 428 g/mol. The van der Waals surface area contributed by atoms with Crippen molar-refractivity contribution in [2.45, 2.75) is 44.6 Å². The molecule has 0 bridgehead atoms. The molecule has 2 heterocycles. The zero-order valence-electron chi connectivity index (χ0n) is 18.4. The Morgan fingerprint density at radius 2 is 1.88 bits per heavy atom. The molecule has 32 heavy (non-hydrogen) atoms. The van der Waals surface area contributed by atoms with E-state index in [1.54, 1.807) is 25.6 Å². The first-order chi connectivity index (χ1) is 15.6. The predicted molar refractivity (Wildman–Crippen MR) is 122 cm³/mol. The van der Waals surface area contributed by atoms with E-state index in [9.17, 15) is 9.59 Å². The predicted octanol–water partition coefficient (Wildman–Crippen LogP) is 4.57. The van der Waals surface area contributed by atoms with E-state index in [0.717, 1.165) is 48.3 Å². The van der Waals surface area contributed by atoms with Crippen LogP contribution in [0.15, 0.2) is 40.8 Å². The summed E-state index contributed by atoms with van der Waals surface area (Å²) >= 11 is 1.58. The maximum absolute atomic E-state index is 13.1. The Bertz CT molecular complexity index is 982. The smallest absolute Gasteiger partial charge is 0.309 e. The molecule has 0 unspecified atom stereocenters. The van der Waals surface area contributed by atoms with Gasteiger partial charge in [0.25, 0.3) is 5.91 Å². The molecule has 1 aromatic heterocycles. The van der Waals surface area contributed by atoms with Gasteiger partial charge >= 0.3 is 5.97 Å². The summed E-state index contributed by atoms with van der Waals surface area (Å²) in [6.07, 6.45) is 5.48. The van der Waals surface area contributed by atoms with Crippen molar-refractivity contribution in [1.29, 1.82) is 0 Å². The van der Waals surface area contributed by atoms with Crippen molar-refractivity contribution in [3.63, 3.8) is 0 Å². The van der Waals surface area contributed by atoms with Crippen LogP contribution in [0, 0.1) is 5.92 Å². The number of ether oxygens (including phenoxy) is 3. The second kappa shape index (κ2) is 10.2. The van der Waals surface area contributed by atoms with Crippen molar-refractivity contribution >= 4 is 28.9 Å². The maximum Gasteiger partial charge on any atom is 0.309 e. The summed E-state index contributed by atoms with van der Waals surface area (Å²) in [5.74, 6) is 0.503. The molecular formula is C24H28N2O5S. The highest BCUT2D eigenvalue weighted by molar-refractivity contribution is 7.12. The number of carbonyl (C=O) groups is 2. The zero-order valence-corrected chi connectivity index (χ0v) is 19.2. The van der Waals surface area contributed by atoms with Crippen LogP contribution >= 0.6 is 11.3 Å². The lowest BCUT2D eigenvalue weighted by molar-refractivity contribution is -0.157. The molecule has 1 atom stereocenters. The van der Waals surface area contributed by atoms with Crippen molar-refractivity contribution < 1.29 is 23.8 Å². The van der Waals surface area contributed by atoms with E-state index in [1.165, 1.54) is 5.01 Å². The lowest BCUT2D eigenvalue weighted by Crippen LogP contribution is -2.32. The molecule has 0 radical (unpaired) electrons. The maximum atomic E-state index is 13.1. The van der Waals surface area contributed by atoms with Crippen molar-refractivity contribution in [3.05, 3.63) is 46.2 Å². The Balaban J connectivity index is 1.53. The largest absolute Gasteiger partial charge is 0.493 e. The van der Waals surface area contributed by atoms with Gasteiger partial charge in [0, 0.05) is 6.42 Å². The van der Waals surface area contributed by atoms with Crippen molar-refractivity contribution in [2.24, 2.45) is 11.0 Å². The second-order valence-electron chi connectivity index (χ2n) is 8.04. The lowest BCUT2D eigenvalue weighted by atomic mass is 9.89. The highest BCUT2D eigenvalue weighted by atomic mass is 32.1. The van der Waals surface area contributed by atoms with E-state index in [4.69, 9.17) is 14.2 Å². The van der Waals surface area contributed by atoms with Gasteiger partial charge in [-0.2, -0.15) is 5.10 Å². The molecule has 2 aromatic rings. The topological polar surface area (TPSA) is 77.4 Å². The first-order valence-electron chi connectivity index (χ1n) is 10.9. The Kier molecular flexibility index (Phi) is 7.09. The molecule has 4 rings (SSSR count). The van der Waals surface area contributed by atoms with Gasteiger partial charge in [-0.15, -0.1) is 11.3 Å². The Hall–Kier alpha value is -2.87. The van der Waals surface area contributed by atoms with Crippen LogP contribution < -0.4 is 9.47 Å². The lowest BCUT2D eigenvalue weighted by Gasteiger charge is -2.24. The summed E-state index contributed by atoms with van der Waals surface area (Å²) in [6.45, 7) is -0.305. The molecule has 1 aliphatic heterocycles. The van der Waals surface area contributed by atoms with Crippen LogP contribution in [0.5, 0.6) is 11.5 Å². The highest BCUT2D eigenvalue weighted by Crippen LogP contribution is 2.38. The molecule has 0 saturated heterocycles. The van der Waals surface area contributed by atoms with E-state index < -0.39 is 0 Å². The average Bonchev–Trinajstić information content (AvgIpc) is 3.52. The monoisotopic (exact) mass is 456 g/mol. The van der Waals surface area contributed by atoms with Crippen molar-refractivity contribution in [1.82, 2.24) is 5.01 Å². The van der Waals surface area contributed by atoms with Crippen LogP contribution in [0.25, 0.3) is 0 Å². The molecule has 1 aliphatic carbocycles. The minimum absolute atomic E-state index is 0.0954. The van der Waals surface area contributed by atoms with Gasteiger partial charge in [0.05, 0.1) is 36.8 Å². The summed E-state index contributed by atoms with van der Waals surface area (Å²) in [5, 5.41) is 8.06. The molecule has 2 aliphatic rings. The Morgan fingerprint density at radius 1 is 1.09 bits per heavy atom. The third-order valence-electron chi connectivity index (χ3n) is 6.04. The number of nitrogens with zero attached hydrogens (tertiary/aromatic N) is 2. The SMILES string of the molecule is COc1ccc([C@@H]2CC(c3cccs3)=NN2C(=O)COC(=O)C2CCCCC2)cc1OC. The quantitative estimate of drug-likeness (QED) is 0.571. The fourth-order valence-electron chi connectivity index (χ4n) is 4.31. The first kappa shape index (κ1) is 22.3. The van der Waals surface area contributed by atoms with Gasteiger partial charge in [-0.1, -0.05) is 31.4 Å². The van der Waals surface area contributed by atoms with E-state index in [0.29, 0.717) is 17.9 Å². The van der Waals surface area contributed by atoms with Gasteiger partial charge in [-0.3, -0.25) is 9.59 Å². The summed E-state index contributed by atoms with van der Waals surface area (Å²) < 4.78 is 16.2. The molecule has 7 nitrogen and oxygen atoms in total. The fraction of sp³-hybridized carbons (Fsp3) is 0.458. The normalized spacial score (nSPS) is 18.9. The minimum atomic E-state index is -0.333. The molecule has 0 spiro atoms. The van der Waals surface area contributed by atoms with Crippen LogP contribution in [0.4, 0.5) is 0 Å². The molecule has 8 heteroatoms. The van der Waals surface area contributed by atoms with Gasteiger partial charge in [0.2, 0.25) is 0 Å². The number of hydrogen-bond donors (Lipinski definition) is 0. The Labute approximate surface area is 192 Å². The fourth-order valence-corrected chi connectivity index (χ4v) is 5.03. The van der Waals surface area contributed by atoms with Gasteiger partial charge in [-0.05, 0) is 42.0 Å². The minimum Gasteiger partial charge on any atom is -0.493 e. The number of methoxy groups -OCH3 is 2. The van der Waals surface area contributed by atoms with E-state index >= 15 is 0 Å². The van der Waals surface area contributed by atoms with Gasteiger partial charge < -0.3 is 14.2 Å². The molecule has 0 N–H and O–H groups in total. The van der Waals surface area contributed by atoms with Crippen LogP contribution in [0.3, 0.4) is 0 Å². The van der Waals surface area contributed by atoms with Crippen LogP contribution in [-0.4, -0.2) is 43.4 Å². The summed E-state index contributed by atoms with van der Waals surface area (Å²) in [5.41, 5.74) is 1.72. The standard InChI is InChI=1S/C24H28N2O5S/c1-29-20-11-10-17(13-21(20)30-2)19-14-18(22-9-6-12-32-22)25-26(19)23(27)15-31-24(28)16-7-4-3-5-8-16/h6,9-13,16,19H,3-5,7-8,14-15H2,1-2H3/t19-/m0/s1. The van der Waals surface area contributed by atoms with Crippen LogP contribution in [0.1, 0.15) is 55.0 Å². The van der Waals surface area contributed by atoms with Crippen LogP contribution in [-0.2, 0) is 14.3 Å². The number of amides is 1. The van der Waals surface area contributed by atoms with Gasteiger partial charge in [0.15, 0.2) is 18.1 Å². The van der Waals surface area contributed by atoms with E-state index in [-0.39, 0.29) is 30.4 Å². The van der Waals surface area contributed by atoms with Crippen molar-refractivity contribution in [3.8, 4) is 11.5 Å². The van der Waals surface area contributed by atoms with Crippen molar-refractivity contribution in [2.75, 3.05) is 20.8 Å². The average molecular weight is 457 g/mol. The second-order valence-corrected chi connectivity index (χ2v) is 8.99.